The van der Waals surface area contributed by atoms with Gasteiger partial charge in [0.25, 0.3) is 0 Å². The zero-order valence-corrected chi connectivity index (χ0v) is 13.4. The van der Waals surface area contributed by atoms with Crippen LogP contribution < -0.4 is 14.8 Å². The van der Waals surface area contributed by atoms with E-state index in [1.54, 1.807) is 14.2 Å². The summed E-state index contributed by atoms with van der Waals surface area (Å²) in [6, 6.07) is 4.69. The Morgan fingerprint density at radius 3 is 2.58 bits per heavy atom. The van der Waals surface area contributed by atoms with Crippen LogP contribution in [0, 0.1) is 5.92 Å². The number of nitrogens with one attached hydrogen (secondary N) is 1. The van der Waals surface area contributed by atoms with Crippen LogP contribution in [0.15, 0.2) is 16.6 Å². The molecule has 4 heteroatoms. The molecule has 1 N–H and O–H groups in total. The highest BCUT2D eigenvalue weighted by Gasteiger charge is 2.35. The van der Waals surface area contributed by atoms with E-state index in [0.717, 1.165) is 28.4 Å². The third-order valence-electron chi connectivity index (χ3n) is 3.69. The molecule has 0 aromatic heterocycles. The molecule has 0 saturated heterocycles. The number of halogens is 1. The molecule has 1 fully saturated rings. The van der Waals surface area contributed by atoms with E-state index in [0.29, 0.717) is 6.04 Å². The number of ether oxygens (including phenoxy) is 2. The molecule has 2 atom stereocenters. The summed E-state index contributed by atoms with van der Waals surface area (Å²) in [4.78, 5) is 0. The molecule has 1 saturated carbocycles. The number of rotatable bonds is 7. The summed E-state index contributed by atoms with van der Waals surface area (Å²) in [7, 11) is 3.32. The second kappa shape index (κ2) is 6.62. The molecule has 0 bridgehead atoms. The van der Waals surface area contributed by atoms with Gasteiger partial charge in [0.2, 0.25) is 0 Å². The lowest BCUT2D eigenvalue weighted by Crippen LogP contribution is -2.18. The van der Waals surface area contributed by atoms with Crippen molar-refractivity contribution in [1.29, 1.82) is 0 Å². The molecular weight excluding hydrogens is 306 g/mol. The molecule has 1 aromatic rings. The van der Waals surface area contributed by atoms with Gasteiger partial charge in [-0.1, -0.05) is 29.3 Å². The van der Waals surface area contributed by atoms with Crippen molar-refractivity contribution in [3.05, 3.63) is 22.2 Å². The molecule has 0 heterocycles. The van der Waals surface area contributed by atoms with Crippen LogP contribution in [0.3, 0.4) is 0 Å². The van der Waals surface area contributed by atoms with Crippen LogP contribution in [0.4, 0.5) is 0 Å². The summed E-state index contributed by atoms with van der Waals surface area (Å²) in [6.07, 6.45) is 3.94. The predicted molar refractivity (Wildman–Crippen MR) is 80.9 cm³/mol. The van der Waals surface area contributed by atoms with Crippen LogP contribution in [0.2, 0.25) is 0 Å². The summed E-state index contributed by atoms with van der Waals surface area (Å²) < 4.78 is 11.7. The minimum Gasteiger partial charge on any atom is -0.493 e. The van der Waals surface area contributed by atoms with Crippen LogP contribution in [-0.4, -0.2) is 20.3 Å². The third-order valence-corrected chi connectivity index (χ3v) is 4.43. The number of hydrogen-bond acceptors (Lipinski definition) is 3. The van der Waals surface area contributed by atoms with Gasteiger partial charge in [0.1, 0.15) is 0 Å². The van der Waals surface area contributed by atoms with E-state index >= 15 is 0 Å². The van der Waals surface area contributed by atoms with E-state index in [1.807, 2.05) is 12.1 Å². The van der Waals surface area contributed by atoms with E-state index < -0.39 is 0 Å². The standard InChI is InChI=1S/C15H22BrNO2/c1-4-5-10-6-13(10)17-9-11-7-14(18-2)15(19-3)8-12(11)16/h7-8,10,13,17H,4-6,9H2,1-3H3. The van der Waals surface area contributed by atoms with Crippen molar-refractivity contribution in [1.82, 2.24) is 5.32 Å². The zero-order chi connectivity index (χ0) is 13.8. The van der Waals surface area contributed by atoms with Gasteiger partial charge in [-0.15, -0.1) is 0 Å². The van der Waals surface area contributed by atoms with E-state index in [2.05, 4.69) is 28.2 Å². The van der Waals surface area contributed by atoms with Crippen LogP contribution in [0.5, 0.6) is 11.5 Å². The summed E-state index contributed by atoms with van der Waals surface area (Å²) >= 11 is 3.59. The van der Waals surface area contributed by atoms with Crippen LogP contribution in [0.25, 0.3) is 0 Å². The Bertz CT molecular complexity index is 436. The highest BCUT2D eigenvalue weighted by molar-refractivity contribution is 9.10. The van der Waals surface area contributed by atoms with E-state index in [-0.39, 0.29) is 0 Å². The molecule has 106 valence electrons. The minimum atomic E-state index is 0.694. The maximum Gasteiger partial charge on any atom is 0.161 e. The Morgan fingerprint density at radius 2 is 1.95 bits per heavy atom. The Hall–Kier alpha value is -0.740. The highest BCUT2D eigenvalue weighted by atomic mass is 79.9. The molecule has 1 aliphatic rings. The largest absolute Gasteiger partial charge is 0.493 e. The summed E-state index contributed by atoms with van der Waals surface area (Å²) in [6.45, 7) is 3.12. The molecule has 19 heavy (non-hydrogen) atoms. The fourth-order valence-corrected chi connectivity index (χ4v) is 2.92. The van der Waals surface area contributed by atoms with Crippen molar-refractivity contribution in [2.75, 3.05) is 14.2 Å². The average Bonchev–Trinajstić information content (AvgIpc) is 3.15. The Morgan fingerprint density at radius 1 is 1.26 bits per heavy atom. The molecule has 0 aliphatic heterocycles. The van der Waals surface area contributed by atoms with Gasteiger partial charge in [-0.05, 0) is 36.5 Å². The van der Waals surface area contributed by atoms with Gasteiger partial charge >= 0.3 is 0 Å². The molecule has 0 radical (unpaired) electrons. The minimum absolute atomic E-state index is 0.694. The summed E-state index contributed by atoms with van der Waals surface area (Å²) in [5.74, 6) is 2.42. The van der Waals surface area contributed by atoms with Crippen molar-refractivity contribution < 1.29 is 9.47 Å². The van der Waals surface area contributed by atoms with Gasteiger partial charge in [0.15, 0.2) is 11.5 Å². The molecule has 1 aromatic carbocycles. The Kier molecular flexibility index (Phi) is 5.11. The molecule has 0 amide bonds. The van der Waals surface area contributed by atoms with Gasteiger partial charge in [0, 0.05) is 17.1 Å². The normalized spacial score (nSPS) is 21.3. The second-order valence-electron chi connectivity index (χ2n) is 5.07. The van der Waals surface area contributed by atoms with Crippen molar-refractivity contribution in [3.8, 4) is 11.5 Å². The zero-order valence-electron chi connectivity index (χ0n) is 11.8. The first-order chi connectivity index (χ1) is 9.19. The van der Waals surface area contributed by atoms with Gasteiger partial charge in [-0.3, -0.25) is 0 Å². The molecular formula is C15H22BrNO2. The van der Waals surface area contributed by atoms with Crippen LogP contribution in [0.1, 0.15) is 31.7 Å². The molecule has 2 unspecified atom stereocenters. The lowest BCUT2D eigenvalue weighted by Gasteiger charge is -2.12. The Balaban J connectivity index is 1.97. The predicted octanol–water partition coefficient (Wildman–Crippen LogP) is 3.74. The van der Waals surface area contributed by atoms with Crippen molar-refractivity contribution in [3.63, 3.8) is 0 Å². The molecule has 3 nitrogen and oxygen atoms in total. The van der Waals surface area contributed by atoms with Crippen molar-refractivity contribution >= 4 is 15.9 Å². The smallest absolute Gasteiger partial charge is 0.161 e. The van der Waals surface area contributed by atoms with Crippen molar-refractivity contribution in [2.24, 2.45) is 5.92 Å². The quantitative estimate of drug-likeness (QED) is 0.827. The molecule has 1 aliphatic carbocycles. The first kappa shape index (κ1) is 14.7. The van der Waals surface area contributed by atoms with Crippen molar-refractivity contribution in [2.45, 2.75) is 38.8 Å². The van der Waals surface area contributed by atoms with Gasteiger partial charge < -0.3 is 14.8 Å². The van der Waals surface area contributed by atoms with Gasteiger partial charge in [-0.25, -0.2) is 0 Å². The maximum absolute atomic E-state index is 5.34. The lowest BCUT2D eigenvalue weighted by atomic mass is 10.2. The monoisotopic (exact) mass is 327 g/mol. The highest BCUT2D eigenvalue weighted by Crippen LogP contribution is 2.36. The van der Waals surface area contributed by atoms with Crippen LogP contribution >= 0.6 is 15.9 Å². The van der Waals surface area contributed by atoms with Gasteiger partial charge in [-0.2, -0.15) is 0 Å². The number of methoxy groups -OCH3 is 2. The van der Waals surface area contributed by atoms with E-state index in [9.17, 15) is 0 Å². The first-order valence-electron chi connectivity index (χ1n) is 6.83. The van der Waals surface area contributed by atoms with Gasteiger partial charge in [0.05, 0.1) is 14.2 Å². The maximum atomic E-state index is 5.34. The molecule has 2 rings (SSSR count). The lowest BCUT2D eigenvalue weighted by molar-refractivity contribution is 0.354. The Labute approximate surface area is 123 Å². The summed E-state index contributed by atoms with van der Waals surface area (Å²) in [5.41, 5.74) is 1.21. The second-order valence-corrected chi connectivity index (χ2v) is 5.92. The first-order valence-corrected chi connectivity index (χ1v) is 7.62. The number of benzene rings is 1. The number of hydrogen-bond donors (Lipinski definition) is 1. The average molecular weight is 328 g/mol. The summed E-state index contributed by atoms with van der Waals surface area (Å²) in [5, 5.41) is 3.61. The van der Waals surface area contributed by atoms with E-state index in [1.165, 1.54) is 24.8 Å². The molecule has 0 spiro atoms. The SMILES string of the molecule is CCCC1CC1NCc1cc(OC)c(OC)cc1Br. The van der Waals surface area contributed by atoms with E-state index in [4.69, 9.17) is 9.47 Å². The fourth-order valence-electron chi connectivity index (χ4n) is 2.46. The topological polar surface area (TPSA) is 30.5 Å². The third kappa shape index (κ3) is 3.63. The fraction of sp³-hybridized carbons (Fsp3) is 0.600. The van der Waals surface area contributed by atoms with Crippen LogP contribution in [-0.2, 0) is 6.54 Å².